The van der Waals surface area contributed by atoms with E-state index in [0.717, 1.165) is 38.0 Å². The maximum absolute atomic E-state index is 13.8. The molecule has 0 bridgehead atoms. The lowest BCUT2D eigenvalue weighted by molar-refractivity contribution is -0.371. The van der Waals surface area contributed by atoms with Gasteiger partial charge in [-0.05, 0) is 112 Å². The first-order valence-electron chi connectivity index (χ1n) is 21.4. The molecule has 19 atom stereocenters. The third-order valence-electron chi connectivity index (χ3n) is 16.4. The van der Waals surface area contributed by atoms with Gasteiger partial charge in [0, 0.05) is 6.92 Å². The van der Waals surface area contributed by atoms with Crippen LogP contribution in [0.5, 0.6) is 0 Å². The van der Waals surface area contributed by atoms with Crippen LogP contribution in [0.3, 0.4) is 0 Å². The summed E-state index contributed by atoms with van der Waals surface area (Å²) in [6, 6.07) is 0. The molecule has 2 aliphatic heterocycles. The number of carbonyl (C=O) groups excluding carboxylic acids is 2. The fraction of sp³-hybridized carbons (Fsp3) is 0.907. The summed E-state index contributed by atoms with van der Waals surface area (Å²) in [7, 11) is 0. The average Bonchev–Trinajstić information content (AvgIpc) is 3.54. The van der Waals surface area contributed by atoms with E-state index in [9.17, 15) is 50.4 Å². The highest BCUT2D eigenvalue weighted by atomic mass is 16.8. The van der Waals surface area contributed by atoms with E-state index in [1.807, 2.05) is 19.9 Å². The average molecular weight is 827 g/mol. The number of aliphatic hydroxyl groups excluding tert-OH is 7. The Balaban J connectivity index is 1.23. The molecule has 0 unspecified atom stereocenters. The summed E-state index contributed by atoms with van der Waals surface area (Å²) in [6.07, 6.45) is -6.05. The molecule has 6 rings (SSSR count). The molecule has 8 N–H and O–H groups in total. The Bertz CT molecular complexity index is 1500. The van der Waals surface area contributed by atoms with Crippen LogP contribution in [0.1, 0.15) is 106 Å². The van der Waals surface area contributed by atoms with Crippen LogP contribution in [-0.2, 0) is 33.3 Å². The van der Waals surface area contributed by atoms with Gasteiger partial charge in [0.1, 0.15) is 42.9 Å². The Morgan fingerprint density at radius 2 is 1.59 bits per heavy atom. The van der Waals surface area contributed by atoms with Crippen LogP contribution < -0.4 is 0 Å². The molecular formula is C43H70O15. The van der Waals surface area contributed by atoms with Crippen LogP contribution in [0.2, 0.25) is 0 Å². The van der Waals surface area contributed by atoms with Crippen LogP contribution in [0.15, 0.2) is 11.6 Å². The van der Waals surface area contributed by atoms with Gasteiger partial charge in [-0.15, -0.1) is 0 Å². The molecular weight excluding hydrogens is 756 g/mol. The minimum atomic E-state index is -1.70. The van der Waals surface area contributed by atoms with Gasteiger partial charge in [0.05, 0.1) is 43.0 Å². The van der Waals surface area contributed by atoms with Gasteiger partial charge in [-0.1, -0.05) is 39.3 Å². The Labute approximate surface area is 342 Å². The number of aliphatic hydroxyl groups is 8. The highest BCUT2D eigenvalue weighted by Crippen LogP contribution is 2.75. The number of rotatable bonds is 12. The van der Waals surface area contributed by atoms with Crippen LogP contribution in [-0.4, -0.2) is 146 Å². The summed E-state index contributed by atoms with van der Waals surface area (Å²) in [6.45, 7) is 12.5. The number of aldehydes is 1. The molecule has 58 heavy (non-hydrogen) atoms. The standard InChI is InChI=1S/C43H70O15/c1-22(18-44)9-8-14-42(7,53)25-12-16-41(6)24(25)10-11-28-40(5)15-13-31(39(3,4)29(40)17-30(48)43(28,41)21-46)57-38-36(34(51)32(49)26(19-45)56-38)58-37-35(52)33(50)27(20-54-37)55-23(2)47/h9,21,24-38,44-45,48-53H,8,10-20H2,1-7H3/b22-9+/t24-,25+,26-,27+,28-,29+,30+,31+,32-,33-,34+,35-,36-,37+,38+,40-,41-,42+,43+/m1/s1. The second-order valence-electron chi connectivity index (χ2n) is 19.9. The van der Waals surface area contributed by atoms with E-state index < -0.39 is 102 Å². The fourth-order valence-electron chi connectivity index (χ4n) is 13.3. The summed E-state index contributed by atoms with van der Waals surface area (Å²) in [4.78, 5) is 25.3. The Kier molecular flexibility index (Phi) is 13.4. The first-order valence-corrected chi connectivity index (χ1v) is 21.4. The van der Waals surface area contributed by atoms with Crippen molar-refractivity contribution in [2.45, 2.75) is 179 Å². The quantitative estimate of drug-likeness (QED) is 0.0602. The molecule has 0 radical (unpaired) electrons. The fourth-order valence-corrected chi connectivity index (χ4v) is 13.3. The van der Waals surface area contributed by atoms with Gasteiger partial charge in [-0.3, -0.25) is 4.79 Å². The SMILES string of the molecule is CC(=O)O[C@H]1CO[C@@H](O[C@H]2[C@H](O[C@H]3CC[C@]4(C)[C@H]5CC[C@@H]6[C@@H]([C@@](C)(O)CC/C=C(\C)CO)CC[C@@]6(C)[C@]5(C=O)[C@@H](O)C[C@H]4C3(C)C)O[C@H](CO)[C@@H](O)[C@@H]2O)[C@H](O)[C@@H]1O. The van der Waals surface area contributed by atoms with E-state index in [0.29, 0.717) is 38.5 Å². The Morgan fingerprint density at radius 1 is 0.879 bits per heavy atom. The maximum Gasteiger partial charge on any atom is 0.303 e. The molecule has 332 valence electrons. The predicted octanol–water partition coefficient (Wildman–Crippen LogP) is 1.51. The monoisotopic (exact) mass is 826 g/mol. The molecule has 0 aromatic heterocycles. The van der Waals surface area contributed by atoms with E-state index in [1.54, 1.807) is 0 Å². The molecule has 0 spiro atoms. The smallest absolute Gasteiger partial charge is 0.303 e. The molecule has 6 fully saturated rings. The van der Waals surface area contributed by atoms with Crippen molar-refractivity contribution in [1.29, 1.82) is 0 Å². The molecule has 4 aliphatic carbocycles. The largest absolute Gasteiger partial charge is 0.457 e. The molecule has 15 heteroatoms. The van der Waals surface area contributed by atoms with Crippen LogP contribution in [0.25, 0.3) is 0 Å². The van der Waals surface area contributed by atoms with Gasteiger partial charge in [0.25, 0.3) is 0 Å². The van der Waals surface area contributed by atoms with Crippen molar-refractivity contribution in [1.82, 2.24) is 0 Å². The molecule has 6 aliphatic rings. The zero-order valence-electron chi connectivity index (χ0n) is 35.2. The Morgan fingerprint density at radius 3 is 2.22 bits per heavy atom. The van der Waals surface area contributed by atoms with E-state index in [1.165, 1.54) is 0 Å². The zero-order chi connectivity index (χ0) is 42.7. The molecule has 0 aromatic carbocycles. The molecule has 0 amide bonds. The second kappa shape index (κ2) is 16.9. The first-order chi connectivity index (χ1) is 27.1. The van der Waals surface area contributed by atoms with Crippen molar-refractivity contribution >= 4 is 12.3 Å². The van der Waals surface area contributed by atoms with Crippen molar-refractivity contribution < 1.29 is 74.1 Å². The van der Waals surface area contributed by atoms with Crippen molar-refractivity contribution in [3.8, 4) is 0 Å². The van der Waals surface area contributed by atoms with Crippen molar-refractivity contribution in [2.24, 2.45) is 45.3 Å². The van der Waals surface area contributed by atoms with Gasteiger partial charge in [-0.2, -0.15) is 0 Å². The van der Waals surface area contributed by atoms with Crippen molar-refractivity contribution in [3.05, 3.63) is 11.6 Å². The van der Waals surface area contributed by atoms with Gasteiger partial charge >= 0.3 is 5.97 Å². The molecule has 4 saturated carbocycles. The van der Waals surface area contributed by atoms with E-state index in [-0.39, 0.29) is 42.3 Å². The predicted molar refractivity (Wildman–Crippen MR) is 206 cm³/mol. The van der Waals surface area contributed by atoms with Gasteiger partial charge in [0.15, 0.2) is 18.7 Å². The molecule has 2 heterocycles. The van der Waals surface area contributed by atoms with E-state index >= 15 is 0 Å². The van der Waals surface area contributed by atoms with Crippen LogP contribution >= 0.6 is 0 Å². The molecule has 15 nitrogen and oxygen atoms in total. The highest BCUT2D eigenvalue weighted by molar-refractivity contribution is 5.66. The van der Waals surface area contributed by atoms with E-state index in [4.69, 9.17) is 23.7 Å². The lowest BCUT2D eigenvalue weighted by Gasteiger charge is -2.70. The Hall–Kier alpha value is -1.60. The zero-order valence-corrected chi connectivity index (χ0v) is 35.2. The minimum Gasteiger partial charge on any atom is -0.457 e. The summed E-state index contributed by atoms with van der Waals surface area (Å²) < 4.78 is 29.4. The number of hydrogen-bond acceptors (Lipinski definition) is 15. The van der Waals surface area contributed by atoms with Crippen molar-refractivity contribution in [2.75, 3.05) is 19.8 Å². The number of allylic oxidation sites excluding steroid dienone is 1. The maximum atomic E-state index is 13.8. The minimum absolute atomic E-state index is 0.0220. The van der Waals surface area contributed by atoms with Gasteiger partial charge in [0.2, 0.25) is 0 Å². The van der Waals surface area contributed by atoms with E-state index in [2.05, 4.69) is 27.7 Å². The van der Waals surface area contributed by atoms with Crippen LogP contribution in [0, 0.1) is 45.3 Å². The molecule has 0 aromatic rings. The summed E-state index contributed by atoms with van der Waals surface area (Å²) >= 11 is 0. The number of carbonyl (C=O) groups is 2. The summed E-state index contributed by atoms with van der Waals surface area (Å²) in [5.41, 5.74) is -2.71. The number of ether oxygens (including phenoxy) is 5. The number of hydrogen-bond donors (Lipinski definition) is 8. The highest BCUT2D eigenvalue weighted by Gasteiger charge is 2.74. The van der Waals surface area contributed by atoms with Crippen LogP contribution in [0.4, 0.5) is 0 Å². The van der Waals surface area contributed by atoms with Crippen molar-refractivity contribution in [3.63, 3.8) is 0 Å². The second-order valence-corrected chi connectivity index (χ2v) is 19.9. The van der Waals surface area contributed by atoms with Gasteiger partial charge in [-0.25, -0.2) is 0 Å². The number of fused-ring (bicyclic) bond motifs is 5. The van der Waals surface area contributed by atoms with Gasteiger partial charge < -0.3 is 69.3 Å². The number of esters is 1. The topological polar surface area (TPSA) is 242 Å². The summed E-state index contributed by atoms with van der Waals surface area (Å²) in [5, 5.41) is 87.6. The lowest BCUT2D eigenvalue weighted by Crippen LogP contribution is -2.70. The third-order valence-corrected chi connectivity index (χ3v) is 16.4. The third kappa shape index (κ3) is 7.54. The molecule has 2 saturated heterocycles. The summed E-state index contributed by atoms with van der Waals surface area (Å²) in [5.74, 6) is -0.952. The normalized spacial score (nSPS) is 48.9. The first kappa shape index (κ1) is 45.9. The lowest BCUT2D eigenvalue weighted by atomic mass is 9.34.